The molecule has 0 fully saturated rings. The van der Waals surface area contributed by atoms with Crippen LogP contribution < -0.4 is 0 Å². The van der Waals surface area contributed by atoms with E-state index in [1.807, 2.05) is 18.4 Å². The van der Waals surface area contributed by atoms with Crippen molar-refractivity contribution in [3.8, 4) is 0 Å². The topological polar surface area (TPSA) is 59.2 Å². The monoisotopic (exact) mass is 345 g/mol. The third-order valence-electron chi connectivity index (χ3n) is 3.07. The molecule has 0 bridgehead atoms. The minimum atomic E-state index is -4.66. The molecule has 124 valence electrons. The van der Waals surface area contributed by atoms with E-state index in [1.54, 1.807) is 30.9 Å². The highest BCUT2D eigenvalue weighted by Crippen LogP contribution is 2.27. The van der Waals surface area contributed by atoms with Crippen LogP contribution in [0.15, 0.2) is 33.7 Å². The van der Waals surface area contributed by atoms with Gasteiger partial charge in [0.1, 0.15) is 0 Å². The van der Waals surface area contributed by atoms with E-state index in [1.165, 1.54) is 4.90 Å². The van der Waals surface area contributed by atoms with E-state index in [9.17, 15) is 18.0 Å². The molecule has 1 aromatic carbocycles. The number of thioether (sulfide) groups is 1. The van der Waals surface area contributed by atoms with E-state index in [-0.39, 0.29) is 24.7 Å². The molecule has 9 heteroatoms. The van der Waals surface area contributed by atoms with Gasteiger partial charge in [0.25, 0.3) is 5.91 Å². The van der Waals surface area contributed by atoms with Crippen molar-refractivity contribution in [3.63, 3.8) is 0 Å². The van der Waals surface area contributed by atoms with Gasteiger partial charge in [-0.25, -0.2) is 0 Å². The number of amides is 1. The first kappa shape index (κ1) is 17.3. The van der Waals surface area contributed by atoms with Crippen LogP contribution in [0.4, 0.5) is 13.2 Å². The van der Waals surface area contributed by atoms with Crippen molar-refractivity contribution >= 4 is 17.7 Å². The Labute approximate surface area is 134 Å². The molecule has 0 spiro atoms. The number of aromatic nitrogens is 2. The summed E-state index contributed by atoms with van der Waals surface area (Å²) >= 11 is 1.57. The van der Waals surface area contributed by atoms with Crippen molar-refractivity contribution < 1.29 is 22.5 Å². The summed E-state index contributed by atoms with van der Waals surface area (Å²) in [6.45, 7) is 0.180. The van der Waals surface area contributed by atoms with Crippen LogP contribution in [0.2, 0.25) is 0 Å². The predicted molar refractivity (Wildman–Crippen MR) is 78.2 cm³/mol. The van der Waals surface area contributed by atoms with Gasteiger partial charge in [-0.15, -0.1) is 11.8 Å². The molecule has 0 atom stereocenters. The fraction of sp³-hybridized carbons (Fsp3) is 0.357. The van der Waals surface area contributed by atoms with Crippen molar-refractivity contribution in [2.24, 2.45) is 0 Å². The van der Waals surface area contributed by atoms with Crippen LogP contribution in [-0.4, -0.2) is 40.8 Å². The minimum absolute atomic E-state index is 0.0741. The summed E-state index contributed by atoms with van der Waals surface area (Å²) in [5.74, 6) is -1.69. The van der Waals surface area contributed by atoms with Crippen LogP contribution in [0.5, 0.6) is 0 Å². The highest BCUT2D eigenvalue weighted by Gasteiger charge is 2.38. The SMILES string of the molecule is CSc1ccc(C(=O)N(C)CCc2noc(C(F)(F)F)n2)cc1. The van der Waals surface area contributed by atoms with E-state index in [0.717, 1.165) is 4.90 Å². The lowest BCUT2D eigenvalue weighted by molar-refractivity contribution is -0.159. The minimum Gasteiger partial charge on any atom is -0.341 e. The van der Waals surface area contributed by atoms with Crippen molar-refractivity contribution in [2.45, 2.75) is 17.5 Å². The van der Waals surface area contributed by atoms with Crippen LogP contribution in [0.1, 0.15) is 22.1 Å². The molecule has 23 heavy (non-hydrogen) atoms. The molecule has 0 aliphatic rings. The van der Waals surface area contributed by atoms with Crippen molar-refractivity contribution in [1.29, 1.82) is 0 Å². The number of nitrogens with zero attached hydrogens (tertiary/aromatic N) is 3. The van der Waals surface area contributed by atoms with Crippen LogP contribution >= 0.6 is 11.8 Å². The van der Waals surface area contributed by atoms with Crippen molar-refractivity contribution in [1.82, 2.24) is 15.0 Å². The van der Waals surface area contributed by atoms with Gasteiger partial charge < -0.3 is 9.42 Å². The molecule has 0 unspecified atom stereocenters. The van der Waals surface area contributed by atoms with Gasteiger partial charge in [0.2, 0.25) is 0 Å². The Balaban J connectivity index is 1.94. The van der Waals surface area contributed by atoms with Gasteiger partial charge >= 0.3 is 12.1 Å². The highest BCUT2D eigenvalue weighted by molar-refractivity contribution is 7.98. The Morgan fingerprint density at radius 2 is 1.96 bits per heavy atom. The number of rotatable bonds is 5. The summed E-state index contributed by atoms with van der Waals surface area (Å²) in [5, 5.41) is 3.26. The predicted octanol–water partition coefficient (Wildman–Crippen LogP) is 3.13. The first-order valence-electron chi connectivity index (χ1n) is 6.60. The Kier molecular flexibility index (Phi) is 5.30. The average Bonchev–Trinajstić information content (AvgIpc) is 3.01. The summed E-state index contributed by atoms with van der Waals surface area (Å²) in [6.07, 6.45) is -2.65. The second-order valence-electron chi connectivity index (χ2n) is 4.72. The molecule has 1 aromatic heterocycles. The van der Waals surface area contributed by atoms with Crippen LogP contribution in [0.3, 0.4) is 0 Å². The second kappa shape index (κ2) is 7.03. The quantitative estimate of drug-likeness (QED) is 0.779. The molecular formula is C14H14F3N3O2S. The smallest absolute Gasteiger partial charge is 0.341 e. The van der Waals surface area contributed by atoms with E-state index in [0.29, 0.717) is 5.56 Å². The third kappa shape index (κ3) is 4.47. The van der Waals surface area contributed by atoms with Gasteiger partial charge in [0.15, 0.2) is 5.82 Å². The molecule has 0 aliphatic heterocycles. The molecule has 0 radical (unpaired) electrons. The van der Waals surface area contributed by atoms with E-state index < -0.39 is 12.1 Å². The lowest BCUT2D eigenvalue weighted by atomic mass is 10.2. The molecule has 1 amide bonds. The largest absolute Gasteiger partial charge is 0.471 e. The Morgan fingerprint density at radius 1 is 1.30 bits per heavy atom. The third-order valence-corrected chi connectivity index (χ3v) is 3.81. The number of hydrogen-bond donors (Lipinski definition) is 0. The summed E-state index contributed by atoms with van der Waals surface area (Å²) in [4.78, 5) is 17.9. The summed E-state index contributed by atoms with van der Waals surface area (Å²) in [7, 11) is 1.57. The normalized spacial score (nSPS) is 11.5. The fourth-order valence-electron chi connectivity index (χ4n) is 1.79. The number of halogens is 3. The highest BCUT2D eigenvalue weighted by atomic mass is 32.2. The lowest BCUT2D eigenvalue weighted by Gasteiger charge is -2.16. The summed E-state index contributed by atoms with van der Waals surface area (Å²) in [6, 6.07) is 7.09. The summed E-state index contributed by atoms with van der Waals surface area (Å²) < 4.78 is 41.2. The zero-order valence-electron chi connectivity index (χ0n) is 12.4. The van der Waals surface area contributed by atoms with Gasteiger partial charge in [-0.05, 0) is 30.5 Å². The second-order valence-corrected chi connectivity index (χ2v) is 5.60. The molecule has 2 aromatic rings. The zero-order chi connectivity index (χ0) is 17.0. The van der Waals surface area contributed by atoms with Gasteiger partial charge in [-0.3, -0.25) is 4.79 Å². The standard InChI is InChI=1S/C14H14F3N3O2S/c1-20(12(21)9-3-5-10(23-2)6-4-9)8-7-11-18-13(22-19-11)14(15,16)17/h3-6H,7-8H2,1-2H3. The van der Waals surface area contributed by atoms with Crippen molar-refractivity contribution in [2.75, 3.05) is 19.8 Å². The zero-order valence-corrected chi connectivity index (χ0v) is 13.2. The maximum atomic E-state index is 12.3. The molecule has 5 nitrogen and oxygen atoms in total. The molecular weight excluding hydrogens is 331 g/mol. The maximum Gasteiger partial charge on any atom is 0.471 e. The molecule has 0 aliphatic carbocycles. The molecule has 2 rings (SSSR count). The Morgan fingerprint density at radius 3 is 2.48 bits per heavy atom. The van der Waals surface area contributed by atoms with Gasteiger partial charge in [0.05, 0.1) is 0 Å². The number of likely N-dealkylation sites (N-methyl/N-ethyl adjacent to an activating group) is 1. The first-order valence-corrected chi connectivity index (χ1v) is 7.83. The van der Waals surface area contributed by atoms with Gasteiger partial charge in [-0.1, -0.05) is 5.16 Å². The Bertz CT molecular complexity index is 671. The number of carbonyl (C=O) groups excluding carboxylic acids is 1. The van der Waals surface area contributed by atoms with E-state index in [4.69, 9.17) is 0 Å². The molecule has 1 heterocycles. The fourth-order valence-corrected chi connectivity index (χ4v) is 2.20. The van der Waals surface area contributed by atoms with Crippen LogP contribution in [-0.2, 0) is 12.6 Å². The van der Waals surface area contributed by atoms with Gasteiger partial charge in [-0.2, -0.15) is 18.2 Å². The molecule has 0 saturated heterocycles. The van der Waals surface area contributed by atoms with Gasteiger partial charge in [0, 0.05) is 30.5 Å². The average molecular weight is 345 g/mol. The van der Waals surface area contributed by atoms with Crippen molar-refractivity contribution in [3.05, 3.63) is 41.5 Å². The lowest BCUT2D eigenvalue weighted by Crippen LogP contribution is -2.29. The van der Waals surface area contributed by atoms with E-state index in [2.05, 4.69) is 14.7 Å². The Hall–Kier alpha value is -2.03. The first-order chi connectivity index (χ1) is 10.8. The van der Waals surface area contributed by atoms with Crippen LogP contribution in [0, 0.1) is 0 Å². The number of alkyl halides is 3. The number of hydrogen-bond acceptors (Lipinski definition) is 5. The van der Waals surface area contributed by atoms with Crippen LogP contribution in [0.25, 0.3) is 0 Å². The molecule has 0 N–H and O–H groups in total. The van der Waals surface area contributed by atoms with E-state index >= 15 is 0 Å². The number of carbonyl (C=O) groups is 1. The summed E-state index contributed by atoms with van der Waals surface area (Å²) in [5.41, 5.74) is 0.509. The molecule has 0 saturated carbocycles. The number of benzene rings is 1. The maximum absolute atomic E-state index is 12.3.